The molecule has 2 aliphatic heterocycles. The molecular formula is C15H14Cl2N2O4. The third kappa shape index (κ3) is 2.67. The molecule has 0 saturated carbocycles. The van der Waals surface area contributed by atoms with Crippen molar-refractivity contribution in [3.05, 3.63) is 39.5 Å². The lowest BCUT2D eigenvalue weighted by Gasteiger charge is -2.38. The number of piperazine rings is 1. The molecule has 0 aromatic heterocycles. The summed E-state index contributed by atoms with van der Waals surface area (Å²) in [5.41, 5.74) is 0.641. The van der Waals surface area contributed by atoms with Crippen LogP contribution in [-0.2, 0) is 9.59 Å². The highest BCUT2D eigenvalue weighted by atomic mass is 35.5. The van der Waals surface area contributed by atoms with E-state index in [2.05, 4.69) is 5.32 Å². The molecule has 0 bridgehead atoms. The number of nitrogens with one attached hydrogen (secondary N) is 1. The van der Waals surface area contributed by atoms with Gasteiger partial charge in [-0.05, 0) is 24.6 Å². The molecule has 1 saturated heterocycles. The fraction of sp³-hybridized carbons (Fsp3) is 0.333. The van der Waals surface area contributed by atoms with Crippen LogP contribution in [-0.4, -0.2) is 46.1 Å². The maximum absolute atomic E-state index is 12.2. The quantitative estimate of drug-likeness (QED) is 0.746. The van der Waals surface area contributed by atoms with E-state index in [1.807, 2.05) is 0 Å². The van der Waals surface area contributed by atoms with Gasteiger partial charge in [0.1, 0.15) is 17.5 Å². The molecule has 2 amide bonds. The highest BCUT2D eigenvalue weighted by Crippen LogP contribution is 2.42. The summed E-state index contributed by atoms with van der Waals surface area (Å²) in [6.07, 6.45) is 2.08. The molecule has 3 N–H and O–H groups in total. The zero-order valence-electron chi connectivity index (χ0n) is 11.9. The molecule has 0 spiro atoms. The monoisotopic (exact) mass is 356 g/mol. The normalized spacial score (nSPS) is 24.1. The molecule has 1 aromatic carbocycles. The number of carbonyl (C=O) groups is 2. The average Bonchev–Trinajstić information content (AvgIpc) is 2.54. The molecule has 2 aliphatic rings. The van der Waals surface area contributed by atoms with Gasteiger partial charge in [0.25, 0.3) is 11.8 Å². The summed E-state index contributed by atoms with van der Waals surface area (Å²) in [7, 11) is 0. The van der Waals surface area contributed by atoms with Crippen LogP contribution in [0.2, 0.25) is 10.0 Å². The Bertz CT molecular complexity index is 720. The number of hydrogen-bond acceptors (Lipinski definition) is 4. The van der Waals surface area contributed by atoms with Crippen molar-refractivity contribution in [1.29, 1.82) is 0 Å². The number of hydrogen-bond donors (Lipinski definition) is 3. The maximum atomic E-state index is 12.2. The van der Waals surface area contributed by atoms with Gasteiger partial charge in [-0.3, -0.25) is 9.59 Å². The van der Waals surface area contributed by atoms with Crippen LogP contribution < -0.4 is 5.32 Å². The number of carbonyl (C=O) groups excluding carboxylic acids is 2. The number of aliphatic hydroxyl groups is 1. The zero-order chi connectivity index (χ0) is 16.7. The lowest BCUT2D eigenvalue weighted by atomic mass is 9.89. The molecule has 2 atom stereocenters. The Morgan fingerprint density at radius 1 is 1.30 bits per heavy atom. The fourth-order valence-electron chi connectivity index (χ4n) is 2.92. The smallest absolute Gasteiger partial charge is 0.268 e. The highest BCUT2D eigenvalue weighted by molar-refractivity contribution is 6.42. The van der Waals surface area contributed by atoms with Crippen molar-refractivity contribution in [2.24, 2.45) is 0 Å². The largest absolute Gasteiger partial charge is 0.508 e. The van der Waals surface area contributed by atoms with Crippen LogP contribution in [0.15, 0.2) is 23.9 Å². The van der Waals surface area contributed by atoms with Crippen molar-refractivity contribution < 1.29 is 19.8 Å². The first-order chi connectivity index (χ1) is 10.9. The number of allylic oxidation sites excluding steroid dienone is 1. The standard InChI is InChI=1S/C15H14Cl2N2O4/c16-8-1-2-11(21)12(13(8)17)7-3-4-19-10(5-7)14(22)18-9(6-20)15(19)23/h1-2,5,7,9,20-21H,3-4,6H2,(H,18,22)/t7-,9-/m1/s1. The van der Waals surface area contributed by atoms with E-state index in [-0.39, 0.29) is 28.3 Å². The molecule has 3 rings (SSSR count). The van der Waals surface area contributed by atoms with Crippen molar-refractivity contribution in [2.45, 2.75) is 18.4 Å². The second kappa shape index (κ2) is 6.03. The second-order valence-electron chi connectivity index (χ2n) is 5.44. The third-order valence-corrected chi connectivity index (χ3v) is 4.90. The van der Waals surface area contributed by atoms with Crippen molar-refractivity contribution in [3.63, 3.8) is 0 Å². The Labute approximate surface area is 142 Å². The Hall–Kier alpha value is -1.76. The first kappa shape index (κ1) is 16.1. The van der Waals surface area contributed by atoms with Crippen LogP contribution in [0.3, 0.4) is 0 Å². The van der Waals surface area contributed by atoms with Crippen LogP contribution in [0.1, 0.15) is 17.9 Å². The van der Waals surface area contributed by atoms with E-state index in [1.165, 1.54) is 17.0 Å². The summed E-state index contributed by atoms with van der Waals surface area (Å²) in [6.45, 7) is -0.153. The van der Waals surface area contributed by atoms with Gasteiger partial charge in [-0.25, -0.2) is 0 Å². The van der Waals surface area contributed by atoms with Gasteiger partial charge in [-0.15, -0.1) is 0 Å². The Morgan fingerprint density at radius 3 is 2.74 bits per heavy atom. The van der Waals surface area contributed by atoms with Crippen molar-refractivity contribution in [3.8, 4) is 5.75 Å². The minimum absolute atomic E-state index is 0.00882. The van der Waals surface area contributed by atoms with Gasteiger partial charge in [-0.1, -0.05) is 23.2 Å². The predicted molar refractivity (Wildman–Crippen MR) is 84.3 cm³/mol. The number of halogens is 2. The summed E-state index contributed by atoms with van der Waals surface area (Å²) < 4.78 is 0. The Balaban J connectivity index is 2.00. The molecule has 1 fully saturated rings. The van der Waals surface area contributed by atoms with E-state index < -0.39 is 18.6 Å². The van der Waals surface area contributed by atoms with Crippen LogP contribution >= 0.6 is 23.2 Å². The molecule has 6 nitrogen and oxygen atoms in total. The molecule has 8 heteroatoms. The topological polar surface area (TPSA) is 89.9 Å². The summed E-state index contributed by atoms with van der Waals surface area (Å²) in [4.78, 5) is 25.7. The lowest BCUT2D eigenvalue weighted by Crippen LogP contribution is -2.59. The van der Waals surface area contributed by atoms with Gasteiger partial charge >= 0.3 is 0 Å². The van der Waals surface area contributed by atoms with Gasteiger partial charge in [-0.2, -0.15) is 0 Å². The second-order valence-corrected chi connectivity index (χ2v) is 6.22. The number of aromatic hydroxyl groups is 1. The summed E-state index contributed by atoms with van der Waals surface area (Å²) in [5, 5.41) is 22.2. The minimum atomic E-state index is -0.917. The van der Waals surface area contributed by atoms with Gasteiger partial charge in [0, 0.05) is 18.0 Å². The van der Waals surface area contributed by atoms with Crippen LogP contribution in [0.4, 0.5) is 0 Å². The van der Waals surface area contributed by atoms with Crippen molar-refractivity contribution in [1.82, 2.24) is 10.2 Å². The summed E-state index contributed by atoms with van der Waals surface area (Å²) in [5.74, 6) is -1.13. The van der Waals surface area contributed by atoms with E-state index in [1.54, 1.807) is 6.08 Å². The predicted octanol–water partition coefficient (Wildman–Crippen LogP) is 1.39. The number of phenolic OH excluding ortho intramolecular Hbond substituents is 1. The van der Waals surface area contributed by atoms with Gasteiger partial charge in [0.15, 0.2) is 0 Å². The molecule has 0 aliphatic carbocycles. The first-order valence-electron chi connectivity index (χ1n) is 7.05. The number of amides is 2. The number of nitrogens with zero attached hydrogens (tertiary/aromatic N) is 1. The third-order valence-electron chi connectivity index (χ3n) is 4.08. The molecule has 0 radical (unpaired) electrons. The Kier molecular flexibility index (Phi) is 4.23. The lowest BCUT2D eigenvalue weighted by molar-refractivity contribution is -0.141. The number of phenols is 1. The number of aliphatic hydroxyl groups excluding tert-OH is 1. The summed E-state index contributed by atoms with van der Waals surface area (Å²) in [6, 6.07) is 2.02. The minimum Gasteiger partial charge on any atom is -0.508 e. The fourth-order valence-corrected chi connectivity index (χ4v) is 3.39. The van der Waals surface area contributed by atoms with E-state index in [0.717, 1.165) is 0 Å². The molecule has 122 valence electrons. The summed E-state index contributed by atoms with van der Waals surface area (Å²) >= 11 is 12.2. The molecule has 23 heavy (non-hydrogen) atoms. The van der Waals surface area contributed by atoms with Crippen LogP contribution in [0.5, 0.6) is 5.75 Å². The van der Waals surface area contributed by atoms with Crippen LogP contribution in [0.25, 0.3) is 0 Å². The maximum Gasteiger partial charge on any atom is 0.268 e. The van der Waals surface area contributed by atoms with Crippen molar-refractivity contribution in [2.75, 3.05) is 13.2 Å². The molecule has 0 unspecified atom stereocenters. The first-order valence-corrected chi connectivity index (χ1v) is 7.81. The van der Waals surface area contributed by atoms with Gasteiger partial charge in [0.2, 0.25) is 0 Å². The van der Waals surface area contributed by atoms with E-state index >= 15 is 0 Å². The van der Waals surface area contributed by atoms with E-state index in [0.29, 0.717) is 23.6 Å². The van der Waals surface area contributed by atoms with Gasteiger partial charge < -0.3 is 20.4 Å². The SMILES string of the molecule is O=C1N[C@H](CO)C(=O)N2CC[C@@H](c3c(O)ccc(Cl)c3Cl)C=C12. The number of rotatable bonds is 2. The van der Waals surface area contributed by atoms with E-state index in [9.17, 15) is 14.7 Å². The molecule has 1 aromatic rings. The number of benzene rings is 1. The Morgan fingerprint density at radius 2 is 2.04 bits per heavy atom. The highest BCUT2D eigenvalue weighted by Gasteiger charge is 2.39. The average molecular weight is 357 g/mol. The van der Waals surface area contributed by atoms with Crippen molar-refractivity contribution >= 4 is 35.0 Å². The molecule has 2 heterocycles. The van der Waals surface area contributed by atoms with Crippen LogP contribution in [0, 0.1) is 0 Å². The number of fused-ring (bicyclic) bond motifs is 1. The van der Waals surface area contributed by atoms with Gasteiger partial charge in [0.05, 0.1) is 16.7 Å². The van der Waals surface area contributed by atoms with E-state index in [4.69, 9.17) is 28.3 Å². The molecular weight excluding hydrogens is 343 g/mol. The zero-order valence-corrected chi connectivity index (χ0v) is 13.4.